The number of nitrogens with one attached hydrogen (secondary N) is 1. The van der Waals surface area contributed by atoms with Gasteiger partial charge in [-0.25, -0.2) is 14.8 Å². The lowest BCUT2D eigenvalue weighted by atomic mass is 10.1. The van der Waals surface area contributed by atoms with Crippen molar-refractivity contribution in [2.45, 2.75) is 20.8 Å². The van der Waals surface area contributed by atoms with E-state index in [1.54, 1.807) is 0 Å². The van der Waals surface area contributed by atoms with E-state index in [-0.39, 0.29) is 5.97 Å². The molecule has 0 amide bonds. The summed E-state index contributed by atoms with van der Waals surface area (Å²) in [7, 11) is 0. The Morgan fingerprint density at radius 1 is 1.14 bits per heavy atom. The van der Waals surface area contributed by atoms with Crippen molar-refractivity contribution in [2.75, 3.05) is 11.9 Å². The van der Waals surface area contributed by atoms with Crippen LogP contribution in [0.5, 0.6) is 0 Å². The summed E-state index contributed by atoms with van der Waals surface area (Å²) in [6, 6.07) is 14.3. The summed E-state index contributed by atoms with van der Waals surface area (Å²) in [5, 5.41) is 6.56. The Labute approximate surface area is 167 Å². The van der Waals surface area contributed by atoms with Crippen molar-refractivity contribution in [2.24, 2.45) is 5.92 Å². The molecule has 0 bridgehead atoms. The molecule has 0 saturated heterocycles. The second-order valence-electron chi connectivity index (χ2n) is 7.10. The minimum atomic E-state index is -0.301. The normalized spacial score (nSPS) is 11.3. The van der Waals surface area contributed by atoms with Crippen LogP contribution in [0.15, 0.2) is 48.8 Å². The van der Waals surface area contributed by atoms with Crippen LogP contribution in [0.2, 0.25) is 0 Å². The lowest BCUT2D eigenvalue weighted by Gasteiger charge is -2.10. The first-order valence-corrected chi connectivity index (χ1v) is 10.0. The largest absolute Gasteiger partial charge is 0.461 e. The maximum atomic E-state index is 12.5. The molecule has 0 aliphatic carbocycles. The van der Waals surface area contributed by atoms with E-state index in [4.69, 9.17) is 4.74 Å². The first-order chi connectivity index (χ1) is 13.5. The van der Waals surface area contributed by atoms with Gasteiger partial charge in [0.15, 0.2) is 0 Å². The number of nitrogens with zero attached hydrogens (tertiary/aromatic N) is 2. The van der Waals surface area contributed by atoms with E-state index in [1.807, 2.05) is 45.0 Å². The van der Waals surface area contributed by atoms with E-state index in [0.717, 1.165) is 32.2 Å². The standard InChI is InChI=1S/C22H21N3O2S/c1-13(2)11-27-22(26)19-14(3)18-20(23-12-24-21(18)28-19)25-17-10-6-8-15-7-4-5-9-16(15)17/h4-10,12-13H,11H2,1-3H3,(H,23,24,25). The summed E-state index contributed by atoms with van der Waals surface area (Å²) < 4.78 is 5.42. The number of fused-ring (bicyclic) bond motifs is 2. The van der Waals surface area contributed by atoms with Gasteiger partial charge in [-0.1, -0.05) is 50.2 Å². The molecule has 0 fully saturated rings. The number of thiophene rings is 1. The van der Waals surface area contributed by atoms with Crippen LogP contribution in [0.25, 0.3) is 21.0 Å². The SMILES string of the molecule is Cc1c(C(=O)OCC(C)C)sc2ncnc(Nc3cccc4ccccc34)c12. The predicted molar refractivity (Wildman–Crippen MR) is 115 cm³/mol. The third-order valence-electron chi connectivity index (χ3n) is 4.50. The summed E-state index contributed by atoms with van der Waals surface area (Å²) >= 11 is 1.35. The van der Waals surface area contributed by atoms with Gasteiger partial charge >= 0.3 is 5.97 Å². The number of ether oxygens (including phenoxy) is 1. The van der Waals surface area contributed by atoms with Crippen molar-refractivity contribution in [3.8, 4) is 0 Å². The molecule has 6 heteroatoms. The minimum absolute atomic E-state index is 0.294. The van der Waals surface area contributed by atoms with Crippen molar-refractivity contribution in [3.05, 3.63) is 59.2 Å². The molecular weight excluding hydrogens is 370 g/mol. The minimum Gasteiger partial charge on any atom is -0.461 e. The number of carbonyl (C=O) groups excluding carboxylic acids is 1. The van der Waals surface area contributed by atoms with Crippen molar-refractivity contribution in [1.29, 1.82) is 0 Å². The monoisotopic (exact) mass is 391 g/mol. The molecule has 1 N–H and O–H groups in total. The van der Waals surface area contributed by atoms with Gasteiger partial charge in [0.25, 0.3) is 0 Å². The molecule has 4 aromatic rings. The number of benzene rings is 2. The lowest BCUT2D eigenvalue weighted by Crippen LogP contribution is -2.09. The van der Waals surface area contributed by atoms with E-state index in [0.29, 0.717) is 23.2 Å². The zero-order chi connectivity index (χ0) is 19.7. The molecule has 142 valence electrons. The van der Waals surface area contributed by atoms with E-state index in [2.05, 4.69) is 33.5 Å². The lowest BCUT2D eigenvalue weighted by molar-refractivity contribution is 0.0464. The van der Waals surface area contributed by atoms with Gasteiger partial charge in [-0.2, -0.15) is 0 Å². The van der Waals surface area contributed by atoms with Crippen LogP contribution in [0.4, 0.5) is 11.5 Å². The number of carbonyl (C=O) groups is 1. The van der Waals surface area contributed by atoms with Gasteiger partial charge in [0.1, 0.15) is 21.9 Å². The smallest absolute Gasteiger partial charge is 0.348 e. The maximum Gasteiger partial charge on any atom is 0.348 e. The van der Waals surface area contributed by atoms with Crippen LogP contribution >= 0.6 is 11.3 Å². The van der Waals surface area contributed by atoms with Crippen LogP contribution in [-0.4, -0.2) is 22.5 Å². The maximum absolute atomic E-state index is 12.5. The van der Waals surface area contributed by atoms with Gasteiger partial charge in [0.05, 0.1) is 12.0 Å². The summed E-state index contributed by atoms with van der Waals surface area (Å²) in [4.78, 5) is 22.7. The van der Waals surface area contributed by atoms with Gasteiger partial charge in [0, 0.05) is 11.1 Å². The van der Waals surface area contributed by atoms with E-state index >= 15 is 0 Å². The van der Waals surface area contributed by atoms with Crippen molar-refractivity contribution >= 4 is 49.8 Å². The van der Waals surface area contributed by atoms with Crippen LogP contribution in [0.1, 0.15) is 29.1 Å². The third-order valence-corrected chi connectivity index (χ3v) is 5.68. The molecule has 2 aromatic carbocycles. The zero-order valence-corrected chi connectivity index (χ0v) is 16.8. The summed E-state index contributed by atoms with van der Waals surface area (Å²) in [6.45, 7) is 6.35. The van der Waals surface area contributed by atoms with Crippen LogP contribution in [0.3, 0.4) is 0 Å². The highest BCUT2D eigenvalue weighted by Crippen LogP contribution is 2.36. The topological polar surface area (TPSA) is 64.1 Å². The van der Waals surface area contributed by atoms with Gasteiger partial charge in [-0.05, 0) is 29.9 Å². The van der Waals surface area contributed by atoms with Crippen molar-refractivity contribution < 1.29 is 9.53 Å². The van der Waals surface area contributed by atoms with Gasteiger partial charge < -0.3 is 10.1 Å². The Morgan fingerprint density at radius 3 is 2.75 bits per heavy atom. The summed E-state index contributed by atoms with van der Waals surface area (Å²) in [5.41, 5.74) is 1.81. The molecule has 28 heavy (non-hydrogen) atoms. The van der Waals surface area contributed by atoms with Gasteiger partial charge in [-0.15, -0.1) is 11.3 Å². The third kappa shape index (κ3) is 3.43. The van der Waals surface area contributed by atoms with E-state index < -0.39 is 0 Å². The van der Waals surface area contributed by atoms with Crippen LogP contribution in [0, 0.1) is 12.8 Å². The van der Waals surface area contributed by atoms with Crippen LogP contribution < -0.4 is 5.32 Å². The highest BCUT2D eigenvalue weighted by Gasteiger charge is 2.21. The average molecular weight is 391 g/mol. The highest BCUT2D eigenvalue weighted by atomic mass is 32.1. The van der Waals surface area contributed by atoms with E-state index in [9.17, 15) is 4.79 Å². The molecule has 0 spiro atoms. The molecule has 2 heterocycles. The molecule has 0 radical (unpaired) electrons. The van der Waals surface area contributed by atoms with Gasteiger partial charge in [-0.3, -0.25) is 0 Å². The number of aryl methyl sites for hydroxylation is 1. The second kappa shape index (κ2) is 7.56. The number of aromatic nitrogens is 2. The molecular formula is C22H21N3O2S. The Hall–Kier alpha value is -2.99. The average Bonchev–Trinajstić information content (AvgIpc) is 3.04. The molecule has 0 aliphatic heterocycles. The first-order valence-electron chi connectivity index (χ1n) is 9.20. The molecule has 5 nitrogen and oxygen atoms in total. The molecule has 0 saturated carbocycles. The predicted octanol–water partition coefficient (Wildman–Crippen LogP) is 5.71. The van der Waals surface area contributed by atoms with Crippen molar-refractivity contribution in [1.82, 2.24) is 9.97 Å². The molecule has 0 unspecified atom stereocenters. The Morgan fingerprint density at radius 2 is 1.93 bits per heavy atom. The first kappa shape index (κ1) is 18.4. The van der Waals surface area contributed by atoms with Gasteiger partial charge in [0.2, 0.25) is 0 Å². The Kier molecular flexibility index (Phi) is 4.96. The fourth-order valence-corrected chi connectivity index (χ4v) is 4.17. The number of hydrogen-bond donors (Lipinski definition) is 1. The number of anilines is 2. The fourth-order valence-electron chi connectivity index (χ4n) is 3.13. The quantitative estimate of drug-likeness (QED) is 0.442. The summed E-state index contributed by atoms with van der Waals surface area (Å²) in [5.74, 6) is 0.685. The molecule has 0 atom stereocenters. The molecule has 2 aromatic heterocycles. The summed E-state index contributed by atoms with van der Waals surface area (Å²) in [6.07, 6.45) is 1.52. The Bertz CT molecular complexity index is 1160. The molecule has 0 aliphatic rings. The molecule has 4 rings (SSSR count). The number of hydrogen-bond acceptors (Lipinski definition) is 6. The van der Waals surface area contributed by atoms with Crippen LogP contribution in [-0.2, 0) is 4.74 Å². The number of rotatable bonds is 5. The highest BCUT2D eigenvalue weighted by molar-refractivity contribution is 7.20. The Balaban J connectivity index is 1.75. The zero-order valence-electron chi connectivity index (χ0n) is 16.0. The van der Waals surface area contributed by atoms with Crippen molar-refractivity contribution in [3.63, 3.8) is 0 Å². The fraction of sp³-hybridized carbons (Fsp3) is 0.227. The number of esters is 1. The second-order valence-corrected chi connectivity index (χ2v) is 8.10. The van der Waals surface area contributed by atoms with E-state index in [1.165, 1.54) is 17.7 Å².